The number of hydrogen-bond acceptors (Lipinski definition) is 4. The maximum absolute atomic E-state index is 11.1. The van der Waals surface area contributed by atoms with Crippen molar-refractivity contribution in [1.82, 2.24) is 9.97 Å². The first kappa shape index (κ1) is 13.6. The maximum atomic E-state index is 11.1. The Morgan fingerprint density at radius 2 is 1.85 bits per heavy atom. The van der Waals surface area contributed by atoms with Crippen molar-refractivity contribution in [2.24, 2.45) is 0 Å². The van der Waals surface area contributed by atoms with Crippen molar-refractivity contribution >= 4 is 17.4 Å². The molecular formula is C13H14N4O3. The van der Waals surface area contributed by atoms with Crippen LogP contribution in [0.25, 0.3) is 0 Å². The second kappa shape index (κ2) is 5.87. The Labute approximate surface area is 114 Å². The first-order valence-electron chi connectivity index (χ1n) is 5.97. The number of nitrogens with one attached hydrogen (secondary N) is 4. The van der Waals surface area contributed by atoms with Crippen LogP contribution < -0.4 is 21.9 Å². The van der Waals surface area contributed by atoms with Gasteiger partial charge in [-0.05, 0) is 17.7 Å². The molecule has 1 aromatic heterocycles. The molecule has 7 heteroatoms. The fourth-order valence-corrected chi connectivity index (χ4v) is 1.67. The van der Waals surface area contributed by atoms with Gasteiger partial charge in [0.1, 0.15) is 5.82 Å². The number of carbonyl (C=O) groups is 1. The third-order valence-electron chi connectivity index (χ3n) is 2.52. The Hall–Kier alpha value is -2.83. The van der Waals surface area contributed by atoms with Crippen LogP contribution in [0.1, 0.15) is 12.5 Å². The van der Waals surface area contributed by atoms with E-state index < -0.39 is 11.2 Å². The zero-order valence-corrected chi connectivity index (χ0v) is 10.8. The Balaban J connectivity index is 2.02. The molecule has 2 aromatic rings. The Bertz CT molecular complexity index is 687. The van der Waals surface area contributed by atoms with Gasteiger partial charge in [-0.3, -0.25) is 19.6 Å². The zero-order valence-electron chi connectivity index (χ0n) is 10.8. The summed E-state index contributed by atoms with van der Waals surface area (Å²) < 4.78 is 0. The molecule has 0 spiro atoms. The zero-order chi connectivity index (χ0) is 14.5. The molecule has 4 N–H and O–H groups in total. The summed E-state index contributed by atoms with van der Waals surface area (Å²) in [4.78, 5) is 37.6. The molecule has 20 heavy (non-hydrogen) atoms. The number of aromatic nitrogens is 2. The summed E-state index contributed by atoms with van der Waals surface area (Å²) in [5.41, 5.74) is 0.643. The SMILES string of the molecule is CC(=O)Nc1ccc(CNc2cc(=O)[nH]c(=O)[nH]2)cc1. The van der Waals surface area contributed by atoms with Gasteiger partial charge in [0.25, 0.3) is 5.56 Å². The predicted molar refractivity (Wildman–Crippen MR) is 75.8 cm³/mol. The van der Waals surface area contributed by atoms with Crippen LogP contribution in [-0.4, -0.2) is 15.9 Å². The van der Waals surface area contributed by atoms with E-state index in [4.69, 9.17) is 0 Å². The average Bonchev–Trinajstić information content (AvgIpc) is 2.36. The standard InChI is InChI=1S/C13H14N4O3/c1-8(18)15-10-4-2-9(3-5-10)7-14-11-6-12(19)17-13(20)16-11/h2-6H,7H2,1H3,(H,15,18)(H3,14,16,17,19,20). The second-order valence-electron chi connectivity index (χ2n) is 4.23. The number of carbonyl (C=O) groups excluding carboxylic acids is 1. The number of H-pyrrole nitrogens is 2. The van der Waals surface area contributed by atoms with Crippen molar-refractivity contribution in [3.63, 3.8) is 0 Å². The van der Waals surface area contributed by atoms with Crippen LogP contribution in [0.15, 0.2) is 39.9 Å². The highest BCUT2D eigenvalue weighted by Gasteiger charge is 1.99. The van der Waals surface area contributed by atoms with Crippen LogP contribution in [0, 0.1) is 0 Å². The van der Waals surface area contributed by atoms with E-state index in [2.05, 4.69) is 20.6 Å². The highest BCUT2D eigenvalue weighted by Crippen LogP contribution is 2.10. The van der Waals surface area contributed by atoms with Crippen molar-refractivity contribution in [3.05, 3.63) is 56.7 Å². The minimum absolute atomic E-state index is 0.128. The lowest BCUT2D eigenvalue weighted by Crippen LogP contribution is -2.22. The van der Waals surface area contributed by atoms with Crippen molar-refractivity contribution in [2.75, 3.05) is 10.6 Å². The number of amides is 1. The second-order valence-corrected chi connectivity index (χ2v) is 4.23. The highest BCUT2D eigenvalue weighted by molar-refractivity contribution is 5.88. The molecule has 0 fully saturated rings. The number of aromatic amines is 2. The maximum Gasteiger partial charge on any atom is 0.327 e. The lowest BCUT2D eigenvalue weighted by molar-refractivity contribution is -0.114. The van der Waals surface area contributed by atoms with Gasteiger partial charge >= 0.3 is 5.69 Å². The van der Waals surface area contributed by atoms with Crippen molar-refractivity contribution in [2.45, 2.75) is 13.5 Å². The molecule has 0 saturated carbocycles. The van der Waals surface area contributed by atoms with E-state index in [1.807, 2.05) is 12.1 Å². The van der Waals surface area contributed by atoms with Crippen molar-refractivity contribution in [1.29, 1.82) is 0 Å². The minimum atomic E-state index is -0.555. The number of rotatable bonds is 4. The normalized spacial score (nSPS) is 10.1. The summed E-state index contributed by atoms with van der Waals surface area (Å²) in [5.74, 6) is 0.224. The lowest BCUT2D eigenvalue weighted by atomic mass is 10.2. The van der Waals surface area contributed by atoms with Crippen molar-refractivity contribution in [3.8, 4) is 0 Å². The number of anilines is 2. The number of hydrogen-bond donors (Lipinski definition) is 4. The molecular weight excluding hydrogens is 260 g/mol. The molecule has 7 nitrogen and oxygen atoms in total. The summed E-state index contributed by atoms with van der Waals surface area (Å²) in [5, 5.41) is 5.61. The fraction of sp³-hybridized carbons (Fsp3) is 0.154. The van der Waals surface area contributed by atoms with E-state index >= 15 is 0 Å². The quantitative estimate of drug-likeness (QED) is 0.656. The first-order chi connectivity index (χ1) is 9.52. The van der Waals surface area contributed by atoms with E-state index in [9.17, 15) is 14.4 Å². The van der Waals surface area contributed by atoms with Crippen LogP contribution in [0.4, 0.5) is 11.5 Å². The lowest BCUT2D eigenvalue weighted by Gasteiger charge is -2.07. The minimum Gasteiger partial charge on any atom is -0.367 e. The Morgan fingerprint density at radius 3 is 2.45 bits per heavy atom. The van der Waals surface area contributed by atoms with Gasteiger partial charge in [-0.2, -0.15) is 0 Å². The molecule has 0 unspecified atom stereocenters. The van der Waals surface area contributed by atoms with E-state index in [-0.39, 0.29) is 5.91 Å². The third-order valence-corrected chi connectivity index (χ3v) is 2.52. The molecule has 0 atom stereocenters. The summed E-state index contributed by atoms with van der Waals surface area (Å²) >= 11 is 0. The summed E-state index contributed by atoms with van der Waals surface area (Å²) in [6.07, 6.45) is 0. The van der Waals surface area contributed by atoms with Gasteiger partial charge in [0.15, 0.2) is 0 Å². The highest BCUT2D eigenvalue weighted by atomic mass is 16.2. The molecule has 0 bridgehead atoms. The largest absolute Gasteiger partial charge is 0.367 e. The topological polar surface area (TPSA) is 107 Å². The molecule has 1 amide bonds. The smallest absolute Gasteiger partial charge is 0.327 e. The molecule has 0 aliphatic rings. The fourth-order valence-electron chi connectivity index (χ4n) is 1.67. The Kier molecular flexibility index (Phi) is 3.99. The van der Waals surface area contributed by atoms with E-state index in [1.54, 1.807) is 12.1 Å². The molecule has 1 heterocycles. The van der Waals surface area contributed by atoms with Gasteiger partial charge in [0, 0.05) is 25.2 Å². The average molecular weight is 274 g/mol. The monoisotopic (exact) mass is 274 g/mol. The number of benzene rings is 1. The first-order valence-corrected chi connectivity index (χ1v) is 5.97. The third kappa shape index (κ3) is 3.84. The summed E-state index contributed by atoms with van der Waals surface area (Å²) in [6, 6.07) is 8.50. The van der Waals surface area contributed by atoms with Gasteiger partial charge in [-0.15, -0.1) is 0 Å². The molecule has 0 aliphatic heterocycles. The Morgan fingerprint density at radius 1 is 1.15 bits per heavy atom. The van der Waals surface area contributed by atoms with Gasteiger partial charge in [-0.1, -0.05) is 12.1 Å². The van der Waals surface area contributed by atoms with E-state index in [1.165, 1.54) is 13.0 Å². The van der Waals surface area contributed by atoms with Gasteiger partial charge in [0.05, 0.1) is 0 Å². The molecule has 104 valence electrons. The van der Waals surface area contributed by atoms with Crippen LogP contribution >= 0.6 is 0 Å². The van der Waals surface area contributed by atoms with Gasteiger partial charge < -0.3 is 10.6 Å². The van der Waals surface area contributed by atoms with E-state index in [0.717, 1.165) is 5.56 Å². The molecule has 0 radical (unpaired) electrons. The molecule has 0 aliphatic carbocycles. The summed E-state index contributed by atoms with van der Waals surface area (Å²) in [6.45, 7) is 1.89. The van der Waals surface area contributed by atoms with E-state index in [0.29, 0.717) is 18.1 Å². The molecule has 0 saturated heterocycles. The van der Waals surface area contributed by atoms with Crippen LogP contribution in [0.2, 0.25) is 0 Å². The van der Waals surface area contributed by atoms with Crippen LogP contribution in [-0.2, 0) is 11.3 Å². The van der Waals surface area contributed by atoms with Crippen molar-refractivity contribution < 1.29 is 4.79 Å². The van der Waals surface area contributed by atoms with Crippen LogP contribution in [0.5, 0.6) is 0 Å². The summed E-state index contributed by atoms with van der Waals surface area (Å²) in [7, 11) is 0. The van der Waals surface area contributed by atoms with Gasteiger partial charge in [0.2, 0.25) is 5.91 Å². The van der Waals surface area contributed by atoms with Crippen LogP contribution in [0.3, 0.4) is 0 Å². The predicted octanol–water partition coefficient (Wildman–Crippen LogP) is 0.634. The molecule has 1 aromatic carbocycles. The van der Waals surface area contributed by atoms with Gasteiger partial charge in [-0.25, -0.2) is 4.79 Å². The molecule has 2 rings (SSSR count).